The second-order valence-corrected chi connectivity index (χ2v) is 8.56. The Labute approximate surface area is 181 Å². The van der Waals surface area contributed by atoms with E-state index in [1.165, 1.54) is 0 Å². The second-order valence-electron chi connectivity index (χ2n) is 8.15. The fourth-order valence-corrected chi connectivity index (χ4v) is 3.20. The number of carbonyl (C=O) groups is 1. The van der Waals surface area contributed by atoms with Crippen LogP contribution in [0.4, 0.5) is 0 Å². The molecule has 30 heavy (non-hydrogen) atoms. The number of benzene rings is 1. The normalized spacial score (nSPS) is 11.7. The van der Waals surface area contributed by atoms with Gasteiger partial charge in [-0.05, 0) is 50.0 Å². The monoisotopic (exact) mass is 427 g/mol. The van der Waals surface area contributed by atoms with Gasteiger partial charge in [-0.2, -0.15) is 0 Å². The Morgan fingerprint density at radius 2 is 1.87 bits per heavy atom. The zero-order valence-electron chi connectivity index (χ0n) is 17.6. The molecule has 0 aliphatic rings. The second kappa shape index (κ2) is 8.90. The fourth-order valence-electron chi connectivity index (χ4n) is 3.09. The molecule has 158 valence electrons. The molecule has 2 N–H and O–H groups in total. The molecule has 7 heteroatoms. The predicted octanol–water partition coefficient (Wildman–Crippen LogP) is 4.32. The van der Waals surface area contributed by atoms with Crippen molar-refractivity contribution in [2.45, 2.75) is 19.3 Å². The van der Waals surface area contributed by atoms with Crippen LogP contribution in [0.5, 0.6) is 5.75 Å². The van der Waals surface area contributed by atoms with Crippen molar-refractivity contribution in [3.05, 3.63) is 59.6 Å². The van der Waals surface area contributed by atoms with Crippen LogP contribution in [0.25, 0.3) is 22.5 Å². The van der Waals surface area contributed by atoms with Gasteiger partial charge >= 0.3 is 0 Å². The lowest BCUT2D eigenvalue weighted by atomic mass is 9.89. The number of aromatic hydroxyl groups is 1. The number of phenolic OH excluding ortho intramolecular Hbond substituents is 1. The van der Waals surface area contributed by atoms with Gasteiger partial charge in [0.1, 0.15) is 17.3 Å². The standard InChI is InChI=1S/C23H26ClN3O3/c1-23(2,14-26-21(29)13-27(3)4)20-12-17(16-5-6-18(24)19(28)11-16)22(30-20)15-7-9-25-10-8-15/h5-12,28H,13-14H2,1-4H3,(H,26,29). The van der Waals surface area contributed by atoms with Crippen LogP contribution in [0, 0.1) is 0 Å². The molecule has 0 aliphatic heterocycles. The van der Waals surface area contributed by atoms with E-state index in [4.69, 9.17) is 16.0 Å². The first-order chi connectivity index (χ1) is 14.2. The van der Waals surface area contributed by atoms with E-state index in [2.05, 4.69) is 10.3 Å². The molecule has 0 saturated heterocycles. The number of carbonyl (C=O) groups excluding carboxylic acids is 1. The lowest BCUT2D eigenvalue weighted by Crippen LogP contribution is -2.40. The molecule has 0 radical (unpaired) electrons. The van der Waals surface area contributed by atoms with Crippen molar-refractivity contribution in [1.29, 1.82) is 0 Å². The van der Waals surface area contributed by atoms with Gasteiger partial charge in [0.05, 0.1) is 11.6 Å². The number of likely N-dealkylation sites (N-methyl/N-ethyl adjacent to an activating group) is 1. The Morgan fingerprint density at radius 3 is 2.50 bits per heavy atom. The van der Waals surface area contributed by atoms with Gasteiger partial charge in [-0.1, -0.05) is 31.5 Å². The number of phenols is 1. The van der Waals surface area contributed by atoms with Gasteiger partial charge in [0, 0.05) is 35.5 Å². The maximum atomic E-state index is 12.1. The van der Waals surface area contributed by atoms with E-state index >= 15 is 0 Å². The SMILES string of the molecule is CN(C)CC(=O)NCC(C)(C)c1cc(-c2ccc(Cl)c(O)c2)c(-c2ccncc2)o1. The molecule has 3 aromatic rings. The summed E-state index contributed by atoms with van der Waals surface area (Å²) in [5, 5.41) is 13.3. The van der Waals surface area contributed by atoms with Crippen LogP contribution in [-0.4, -0.2) is 48.1 Å². The van der Waals surface area contributed by atoms with Crippen LogP contribution in [0.3, 0.4) is 0 Å². The molecule has 3 rings (SSSR count). The average Bonchev–Trinajstić information content (AvgIpc) is 3.15. The quantitative estimate of drug-likeness (QED) is 0.587. The highest BCUT2D eigenvalue weighted by Crippen LogP contribution is 2.40. The summed E-state index contributed by atoms with van der Waals surface area (Å²) in [6.45, 7) is 4.78. The summed E-state index contributed by atoms with van der Waals surface area (Å²) >= 11 is 5.98. The van der Waals surface area contributed by atoms with Crippen molar-refractivity contribution >= 4 is 17.5 Å². The first-order valence-electron chi connectivity index (χ1n) is 9.62. The minimum Gasteiger partial charge on any atom is -0.506 e. The Balaban J connectivity index is 1.99. The van der Waals surface area contributed by atoms with E-state index in [9.17, 15) is 9.90 Å². The maximum Gasteiger partial charge on any atom is 0.234 e. The molecule has 0 fully saturated rings. The van der Waals surface area contributed by atoms with Crippen LogP contribution in [0.1, 0.15) is 19.6 Å². The molecule has 0 saturated carbocycles. The molecular weight excluding hydrogens is 402 g/mol. The molecule has 0 atom stereocenters. The van der Waals surface area contributed by atoms with Crippen LogP contribution in [0.2, 0.25) is 5.02 Å². The van der Waals surface area contributed by atoms with Crippen LogP contribution < -0.4 is 5.32 Å². The van der Waals surface area contributed by atoms with E-state index in [0.29, 0.717) is 18.8 Å². The van der Waals surface area contributed by atoms with Crippen molar-refractivity contribution in [2.75, 3.05) is 27.2 Å². The molecule has 0 bridgehead atoms. The number of rotatable bonds is 7. The summed E-state index contributed by atoms with van der Waals surface area (Å²) in [5.41, 5.74) is 2.03. The van der Waals surface area contributed by atoms with Gasteiger partial charge in [-0.25, -0.2) is 0 Å². The topological polar surface area (TPSA) is 78.6 Å². The first-order valence-corrected chi connectivity index (χ1v) is 10.0. The third kappa shape index (κ3) is 5.01. The maximum absolute atomic E-state index is 12.1. The van der Waals surface area contributed by atoms with Crippen LogP contribution in [0.15, 0.2) is 53.2 Å². The first kappa shape index (κ1) is 21.9. The van der Waals surface area contributed by atoms with E-state index in [1.54, 1.807) is 24.5 Å². The largest absolute Gasteiger partial charge is 0.506 e. The number of furan rings is 1. The molecule has 2 aromatic heterocycles. The molecule has 2 heterocycles. The number of hydrogen-bond acceptors (Lipinski definition) is 5. The minimum atomic E-state index is -0.448. The molecule has 1 aromatic carbocycles. The van der Waals surface area contributed by atoms with Crippen LogP contribution >= 0.6 is 11.6 Å². The lowest BCUT2D eigenvalue weighted by Gasteiger charge is -2.23. The van der Waals surface area contributed by atoms with Crippen molar-refractivity contribution in [2.24, 2.45) is 0 Å². The highest BCUT2D eigenvalue weighted by Gasteiger charge is 2.28. The average molecular weight is 428 g/mol. The number of nitrogens with one attached hydrogen (secondary N) is 1. The van der Waals surface area contributed by atoms with E-state index in [1.807, 2.05) is 57.1 Å². The van der Waals surface area contributed by atoms with Crippen molar-refractivity contribution < 1.29 is 14.3 Å². The van der Waals surface area contributed by atoms with E-state index in [0.717, 1.165) is 22.5 Å². The van der Waals surface area contributed by atoms with Gasteiger partial charge in [-0.3, -0.25) is 9.78 Å². The van der Waals surface area contributed by atoms with Gasteiger partial charge in [-0.15, -0.1) is 0 Å². The number of hydrogen-bond donors (Lipinski definition) is 2. The Kier molecular flexibility index (Phi) is 6.48. The summed E-state index contributed by atoms with van der Waals surface area (Å²) in [6, 6.07) is 10.8. The van der Waals surface area contributed by atoms with E-state index < -0.39 is 5.41 Å². The minimum absolute atomic E-state index is 0.00723. The van der Waals surface area contributed by atoms with Gasteiger partial charge in [0.25, 0.3) is 0 Å². The lowest BCUT2D eigenvalue weighted by molar-refractivity contribution is -0.121. The molecule has 1 amide bonds. The number of aromatic nitrogens is 1. The third-order valence-electron chi connectivity index (χ3n) is 4.79. The van der Waals surface area contributed by atoms with E-state index in [-0.39, 0.29) is 16.7 Å². The number of amides is 1. The zero-order valence-corrected chi connectivity index (χ0v) is 18.3. The highest BCUT2D eigenvalue weighted by molar-refractivity contribution is 6.32. The summed E-state index contributed by atoms with van der Waals surface area (Å²) in [5.74, 6) is 1.36. The zero-order chi connectivity index (χ0) is 21.9. The van der Waals surface area contributed by atoms with Gasteiger partial charge in [0.2, 0.25) is 5.91 Å². The Morgan fingerprint density at radius 1 is 1.17 bits per heavy atom. The van der Waals surface area contributed by atoms with Gasteiger partial charge < -0.3 is 19.7 Å². The summed E-state index contributed by atoms with van der Waals surface area (Å²) in [6.07, 6.45) is 3.40. The predicted molar refractivity (Wildman–Crippen MR) is 119 cm³/mol. The van der Waals surface area contributed by atoms with Gasteiger partial charge in [0.15, 0.2) is 0 Å². The molecular formula is C23H26ClN3O3. The molecule has 0 unspecified atom stereocenters. The van der Waals surface area contributed by atoms with Crippen molar-refractivity contribution in [3.63, 3.8) is 0 Å². The number of nitrogens with zero attached hydrogens (tertiary/aromatic N) is 2. The van der Waals surface area contributed by atoms with Crippen LogP contribution in [-0.2, 0) is 10.2 Å². The van der Waals surface area contributed by atoms with Crippen molar-refractivity contribution in [1.82, 2.24) is 15.2 Å². The smallest absolute Gasteiger partial charge is 0.234 e. The third-order valence-corrected chi connectivity index (χ3v) is 5.11. The summed E-state index contributed by atoms with van der Waals surface area (Å²) in [4.78, 5) is 18.0. The highest BCUT2D eigenvalue weighted by atomic mass is 35.5. The summed E-state index contributed by atoms with van der Waals surface area (Å²) in [7, 11) is 3.71. The summed E-state index contributed by atoms with van der Waals surface area (Å²) < 4.78 is 6.30. The fraction of sp³-hybridized carbons (Fsp3) is 0.304. The number of halogens is 1. The van der Waals surface area contributed by atoms with Crippen molar-refractivity contribution in [3.8, 4) is 28.2 Å². The molecule has 6 nitrogen and oxygen atoms in total. The Hall–Kier alpha value is -2.83. The Bertz CT molecular complexity index is 1030. The molecule has 0 spiro atoms. The molecule has 0 aliphatic carbocycles. The number of pyridine rings is 1.